The summed E-state index contributed by atoms with van der Waals surface area (Å²) in [5.41, 5.74) is 0.871. The second-order valence-corrected chi connectivity index (χ2v) is 7.82. The summed E-state index contributed by atoms with van der Waals surface area (Å²) in [4.78, 5) is 29.9. The molecule has 29 heavy (non-hydrogen) atoms. The molecule has 1 aliphatic heterocycles. The Hall–Kier alpha value is -2.76. The number of carbonyl (C=O) groups is 1. The van der Waals surface area contributed by atoms with Crippen LogP contribution in [0, 0.1) is 0 Å². The molecular weight excluding hydrogens is 364 g/mol. The molecule has 1 atom stereocenters. The van der Waals surface area contributed by atoms with Crippen molar-refractivity contribution in [1.29, 1.82) is 0 Å². The van der Waals surface area contributed by atoms with E-state index < -0.39 is 0 Å². The molecule has 0 aliphatic carbocycles. The molecule has 0 spiro atoms. The number of esters is 1. The van der Waals surface area contributed by atoms with Gasteiger partial charge in [-0.05, 0) is 30.3 Å². The number of fused-ring (bicyclic) bond motifs is 2. The molecule has 1 saturated heterocycles. The molecule has 5 heteroatoms. The van der Waals surface area contributed by atoms with Crippen LogP contribution in [-0.2, 0) is 9.53 Å². The monoisotopic (exact) mass is 390 g/mol. The molecule has 4 rings (SSSR count). The van der Waals surface area contributed by atoms with Crippen LogP contribution in [0.15, 0.2) is 59.4 Å². The predicted molar refractivity (Wildman–Crippen MR) is 116 cm³/mol. The maximum atomic E-state index is 12.9. The fraction of sp³-hybridized carbons (Fsp3) is 0.333. The lowest BCUT2D eigenvalue weighted by molar-refractivity contribution is -0.145. The fourth-order valence-corrected chi connectivity index (χ4v) is 3.88. The Morgan fingerprint density at radius 1 is 1.03 bits per heavy atom. The highest BCUT2D eigenvalue weighted by Gasteiger charge is 2.20. The quantitative estimate of drug-likeness (QED) is 0.626. The summed E-state index contributed by atoms with van der Waals surface area (Å²) < 4.78 is 5.51. The number of rotatable bonds is 5. The smallest absolute Gasteiger partial charge is 0.313 e. The van der Waals surface area contributed by atoms with Crippen molar-refractivity contribution in [3.63, 3.8) is 0 Å². The Morgan fingerprint density at radius 2 is 1.79 bits per heavy atom. The zero-order valence-corrected chi connectivity index (χ0v) is 16.9. The number of ether oxygens (including phenoxy) is 1. The molecule has 0 amide bonds. The number of hydrogen-bond donors (Lipinski definition) is 0. The molecule has 0 aromatic heterocycles. The van der Waals surface area contributed by atoms with E-state index in [4.69, 9.17) is 4.74 Å². The van der Waals surface area contributed by atoms with Gasteiger partial charge in [0.2, 0.25) is 0 Å². The van der Waals surface area contributed by atoms with Gasteiger partial charge in [-0.1, -0.05) is 54.6 Å². The van der Waals surface area contributed by atoms with Crippen molar-refractivity contribution < 1.29 is 9.53 Å². The Kier molecular flexibility index (Phi) is 5.60. The molecule has 0 bridgehead atoms. The average molecular weight is 390 g/mol. The Morgan fingerprint density at radius 3 is 2.59 bits per heavy atom. The van der Waals surface area contributed by atoms with Crippen molar-refractivity contribution in [2.45, 2.75) is 12.8 Å². The summed E-state index contributed by atoms with van der Waals surface area (Å²) in [7, 11) is 2.09. The number of likely N-dealkylation sites (N-methyl/N-ethyl adjacent to an activating group) is 1. The van der Waals surface area contributed by atoms with Crippen LogP contribution in [0.3, 0.4) is 0 Å². The van der Waals surface area contributed by atoms with Gasteiger partial charge in [0, 0.05) is 30.4 Å². The summed E-state index contributed by atoms with van der Waals surface area (Å²) in [6.45, 7) is 5.98. The second-order valence-electron chi connectivity index (χ2n) is 7.82. The minimum Gasteiger partial charge on any atom is -0.464 e. The normalized spacial score (nSPS) is 16.3. The molecule has 150 valence electrons. The van der Waals surface area contributed by atoms with Gasteiger partial charge in [-0.2, -0.15) is 0 Å². The third-order valence-electron chi connectivity index (χ3n) is 5.71. The molecule has 0 N–H and O–H groups in total. The van der Waals surface area contributed by atoms with Gasteiger partial charge in [0.25, 0.3) is 0 Å². The van der Waals surface area contributed by atoms with Crippen molar-refractivity contribution in [1.82, 2.24) is 9.80 Å². The van der Waals surface area contributed by atoms with E-state index in [9.17, 15) is 9.59 Å². The maximum Gasteiger partial charge on any atom is 0.313 e. The van der Waals surface area contributed by atoms with Crippen LogP contribution in [0.2, 0.25) is 0 Å². The van der Waals surface area contributed by atoms with Gasteiger partial charge in [-0.3, -0.25) is 19.4 Å². The maximum absolute atomic E-state index is 12.9. The zero-order chi connectivity index (χ0) is 20.4. The van der Waals surface area contributed by atoms with Gasteiger partial charge >= 0.3 is 5.97 Å². The van der Waals surface area contributed by atoms with Crippen molar-refractivity contribution in [2.24, 2.45) is 0 Å². The molecule has 0 saturated carbocycles. The van der Waals surface area contributed by atoms with Gasteiger partial charge in [-0.15, -0.1) is 0 Å². The van der Waals surface area contributed by atoms with Crippen molar-refractivity contribution >= 4 is 27.5 Å². The largest absolute Gasteiger partial charge is 0.464 e. The lowest BCUT2D eigenvalue weighted by atomic mass is 9.98. The molecule has 1 unspecified atom stereocenters. The van der Waals surface area contributed by atoms with Crippen LogP contribution < -0.4 is 5.43 Å². The van der Waals surface area contributed by atoms with Crippen LogP contribution >= 0.6 is 0 Å². The van der Waals surface area contributed by atoms with E-state index in [1.54, 1.807) is 0 Å². The third-order valence-corrected chi connectivity index (χ3v) is 5.71. The summed E-state index contributed by atoms with van der Waals surface area (Å²) in [5, 5.41) is 3.11. The summed E-state index contributed by atoms with van der Waals surface area (Å²) in [6, 6.07) is 17.1. The first-order valence-electron chi connectivity index (χ1n) is 10.1. The van der Waals surface area contributed by atoms with Gasteiger partial charge < -0.3 is 4.74 Å². The van der Waals surface area contributed by atoms with Crippen molar-refractivity contribution in [3.05, 3.63) is 70.4 Å². The van der Waals surface area contributed by atoms with Crippen LogP contribution in [0.5, 0.6) is 0 Å². The zero-order valence-electron chi connectivity index (χ0n) is 16.9. The van der Waals surface area contributed by atoms with Crippen LogP contribution in [0.4, 0.5) is 0 Å². The molecule has 1 heterocycles. The lowest BCUT2D eigenvalue weighted by Crippen LogP contribution is -2.28. The van der Waals surface area contributed by atoms with Crippen molar-refractivity contribution in [3.8, 4) is 0 Å². The summed E-state index contributed by atoms with van der Waals surface area (Å²) >= 11 is 0. The minimum absolute atomic E-state index is 0.0120. The Bertz CT molecular complexity index is 1110. The molecule has 3 aromatic rings. The van der Waals surface area contributed by atoms with Crippen LogP contribution in [0.1, 0.15) is 18.4 Å². The molecular formula is C24H26N2O3. The topological polar surface area (TPSA) is 49.9 Å². The van der Waals surface area contributed by atoms with Crippen LogP contribution in [-0.4, -0.2) is 55.7 Å². The number of nitrogens with zero attached hydrogens (tertiary/aromatic N) is 2. The van der Waals surface area contributed by atoms with Gasteiger partial charge in [0.15, 0.2) is 5.43 Å². The number of hydrogen-bond acceptors (Lipinski definition) is 5. The average Bonchev–Trinajstić information content (AvgIpc) is 3.09. The van der Waals surface area contributed by atoms with Gasteiger partial charge in [0.1, 0.15) is 6.61 Å². The lowest BCUT2D eigenvalue weighted by Gasteiger charge is -2.17. The standard InChI is InChI=1S/C24H26N2O3/c1-17(24(28)29-14-13-26-12-11-25(2)16-26)19-9-10-22-20(15-19)8-7-18-5-3-4-6-21(18)23(22)27/h3-10,15,17H,11-14,16H2,1-2H3. The molecule has 1 aliphatic rings. The molecule has 0 radical (unpaired) electrons. The van der Waals surface area contributed by atoms with E-state index >= 15 is 0 Å². The van der Waals surface area contributed by atoms with E-state index in [-0.39, 0.29) is 17.3 Å². The van der Waals surface area contributed by atoms with E-state index in [2.05, 4.69) is 16.8 Å². The first kappa shape index (κ1) is 19.6. The Labute approximate surface area is 170 Å². The summed E-state index contributed by atoms with van der Waals surface area (Å²) in [5.74, 6) is -0.611. The first-order chi connectivity index (χ1) is 14.0. The fourth-order valence-electron chi connectivity index (χ4n) is 3.88. The number of carbonyl (C=O) groups excluding carboxylic acids is 1. The highest BCUT2D eigenvalue weighted by atomic mass is 16.5. The predicted octanol–water partition coefficient (Wildman–Crippen LogP) is 3.20. The third kappa shape index (κ3) is 4.16. The SMILES string of the molecule is CC(C(=O)OCCN1CCN(C)C1)c1ccc2c(=O)c3ccccc3ccc2c1. The highest BCUT2D eigenvalue weighted by Crippen LogP contribution is 2.22. The van der Waals surface area contributed by atoms with E-state index in [0.717, 1.165) is 42.6 Å². The first-order valence-corrected chi connectivity index (χ1v) is 10.1. The van der Waals surface area contributed by atoms with Crippen molar-refractivity contribution in [2.75, 3.05) is 40.0 Å². The Balaban J connectivity index is 1.51. The van der Waals surface area contributed by atoms with Gasteiger partial charge in [-0.25, -0.2) is 0 Å². The molecule has 5 nitrogen and oxygen atoms in total. The minimum atomic E-state index is -0.379. The molecule has 3 aromatic carbocycles. The second kappa shape index (κ2) is 8.31. The van der Waals surface area contributed by atoms with Crippen LogP contribution in [0.25, 0.3) is 21.5 Å². The van der Waals surface area contributed by atoms with Gasteiger partial charge in [0.05, 0.1) is 12.6 Å². The highest BCUT2D eigenvalue weighted by molar-refractivity contribution is 5.94. The summed E-state index contributed by atoms with van der Waals surface area (Å²) in [6.07, 6.45) is 0. The van der Waals surface area contributed by atoms with E-state index in [1.165, 1.54) is 0 Å². The van der Waals surface area contributed by atoms with E-state index in [1.807, 2.05) is 61.5 Å². The molecule has 1 fully saturated rings. The van der Waals surface area contributed by atoms with E-state index in [0.29, 0.717) is 17.4 Å². The number of benzene rings is 2.